The number of carbonyl (C=O) groups is 1. The van der Waals surface area contributed by atoms with Crippen LogP contribution in [0.5, 0.6) is 5.75 Å². The smallest absolute Gasteiger partial charge is 0.405 e. The molecule has 1 aromatic carbocycles. The molecule has 0 saturated carbocycles. The number of alkyl halides is 3. The molecule has 0 heterocycles. The molecule has 10 heteroatoms. The van der Waals surface area contributed by atoms with Crippen molar-refractivity contribution in [1.82, 2.24) is 5.32 Å². The van der Waals surface area contributed by atoms with E-state index >= 15 is 0 Å². The van der Waals surface area contributed by atoms with Crippen molar-refractivity contribution >= 4 is 25.6 Å². The quantitative estimate of drug-likeness (QED) is 0.828. The van der Waals surface area contributed by atoms with Crippen molar-refractivity contribution in [3.05, 3.63) is 23.8 Å². The second-order valence-electron chi connectivity index (χ2n) is 4.05. The Hall–Kier alpha value is -1.48. The summed E-state index contributed by atoms with van der Waals surface area (Å²) in [5.74, 6) is -0.776. The fourth-order valence-electron chi connectivity index (χ4n) is 1.33. The van der Waals surface area contributed by atoms with Gasteiger partial charge in [0, 0.05) is 10.7 Å². The molecule has 1 amide bonds. The van der Waals surface area contributed by atoms with E-state index in [9.17, 15) is 26.4 Å². The van der Waals surface area contributed by atoms with Gasteiger partial charge in [-0.1, -0.05) is 0 Å². The Kier molecular flexibility index (Phi) is 5.46. The monoisotopic (exact) mass is 345 g/mol. The summed E-state index contributed by atoms with van der Waals surface area (Å²) in [6.07, 6.45) is -4.50. The first-order chi connectivity index (χ1) is 9.49. The van der Waals surface area contributed by atoms with Gasteiger partial charge in [-0.25, -0.2) is 8.42 Å². The van der Waals surface area contributed by atoms with Crippen LogP contribution in [0.4, 0.5) is 13.2 Å². The van der Waals surface area contributed by atoms with Crippen LogP contribution >= 0.6 is 10.7 Å². The van der Waals surface area contributed by atoms with Crippen LogP contribution in [0.25, 0.3) is 0 Å². The zero-order valence-electron chi connectivity index (χ0n) is 10.7. The maximum absolute atomic E-state index is 11.9. The molecule has 0 saturated heterocycles. The van der Waals surface area contributed by atoms with Crippen LogP contribution in [0.2, 0.25) is 0 Å². The van der Waals surface area contributed by atoms with Gasteiger partial charge in [0.1, 0.15) is 12.3 Å². The van der Waals surface area contributed by atoms with Crippen molar-refractivity contribution in [2.24, 2.45) is 0 Å². The fourth-order valence-corrected chi connectivity index (χ4v) is 2.16. The van der Waals surface area contributed by atoms with Gasteiger partial charge in [0.2, 0.25) is 0 Å². The van der Waals surface area contributed by atoms with Gasteiger partial charge >= 0.3 is 6.18 Å². The summed E-state index contributed by atoms with van der Waals surface area (Å²) in [6, 6.07) is 3.66. The molecular weight excluding hydrogens is 335 g/mol. The molecule has 0 radical (unpaired) electrons. The predicted octanol–water partition coefficient (Wildman–Crippen LogP) is 1.98. The Bertz CT molecular complexity index is 631. The number of hydrogen-bond donors (Lipinski definition) is 1. The van der Waals surface area contributed by atoms with E-state index in [4.69, 9.17) is 15.4 Å². The van der Waals surface area contributed by atoms with E-state index in [-0.39, 0.29) is 10.6 Å². The van der Waals surface area contributed by atoms with Gasteiger partial charge in [0.05, 0.1) is 4.90 Å². The van der Waals surface area contributed by atoms with E-state index in [0.29, 0.717) is 5.56 Å². The van der Waals surface area contributed by atoms with Crippen molar-refractivity contribution < 1.29 is 31.1 Å². The lowest BCUT2D eigenvalue weighted by molar-refractivity contribution is -0.139. The molecule has 1 rings (SSSR count). The van der Waals surface area contributed by atoms with Gasteiger partial charge in [-0.05, 0) is 30.7 Å². The van der Waals surface area contributed by atoms with Gasteiger partial charge < -0.3 is 10.1 Å². The van der Waals surface area contributed by atoms with E-state index in [1.807, 2.05) is 0 Å². The number of aryl methyl sites for hydroxylation is 1. The van der Waals surface area contributed by atoms with E-state index in [1.54, 1.807) is 5.32 Å². The van der Waals surface area contributed by atoms with Crippen molar-refractivity contribution in [3.8, 4) is 5.75 Å². The van der Waals surface area contributed by atoms with Crippen LogP contribution in [-0.4, -0.2) is 33.7 Å². The number of carbonyl (C=O) groups excluding carboxylic acids is 1. The summed E-state index contributed by atoms with van der Waals surface area (Å²) in [5.41, 5.74) is 0.375. The standard InChI is InChI=1S/C11H11ClF3NO4S/c1-7-4-8(21(12,18)19)2-3-9(7)20-5-10(17)16-6-11(13,14)15/h2-4H,5-6H2,1H3,(H,16,17). The van der Waals surface area contributed by atoms with Crippen LogP contribution in [0.3, 0.4) is 0 Å². The summed E-state index contributed by atoms with van der Waals surface area (Å²) in [4.78, 5) is 11.0. The number of ether oxygens (including phenoxy) is 1. The zero-order valence-corrected chi connectivity index (χ0v) is 12.3. The molecule has 0 aliphatic heterocycles. The molecule has 0 spiro atoms. The molecule has 0 bridgehead atoms. The minimum absolute atomic E-state index is 0.143. The largest absolute Gasteiger partial charge is 0.484 e. The molecule has 0 aliphatic rings. The van der Waals surface area contributed by atoms with Crippen LogP contribution in [-0.2, 0) is 13.8 Å². The Morgan fingerprint density at radius 3 is 2.48 bits per heavy atom. The highest BCUT2D eigenvalue weighted by molar-refractivity contribution is 8.13. The summed E-state index contributed by atoms with van der Waals surface area (Å²) >= 11 is 0. The minimum atomic E-state index is -4.50. The second-order valence-corrected chi connectivity index (χ2v) is 6.61. The van der Waals surface area contributed by atoms with Gasteiger partial charge in [-0.15, -0.1) is 0 Å². The molecule has 5 nitrogen and oxygen atoms in total. The summed E-state index contributed by atoms with van der Waals surface area (Å²) in [7, 11) is 1.27. The second kappa shape index (κ2) is 6.52. The van der Waals surface area contributed by atoms with E-state index in [0.717, 1.165) is 6.07 Å². The third kappa shape index (κ3) is 6.21. The molecule has 21 heavy (non-hydrogen) atoms. The molecule has 1 aromatic rings. The molecular formula is C11H11ClF3NO4S. The van der Waals surface area contributed by atoms with Gasteiger partial charge in [-0.2, -0.15) is 13.2 Å². The lowest BCUT2D eigenvalue weighted by atomic mass is 10.2. The van der Waals surface area contributed by atoms with Crippen molar-refractivity contribution in [2.75, 3.05) is 13.2 Å². The van der Waals surface area contributed by atoms with E-state index < -0.39 is 34.3 Å². The lowest BCUT2D eigenvalue weighted by Gasteiger charge is -2.11. The molecule has 0 atom stereocenters. The number of hydrogen-bond acceptors (Lipinski definition) is 4. The molecule has 1 N–H and O–H groups in total. The Morgan fingerprint density at radius 2 is 2.00 bits per heavy atom. The zero-order chi connectivity index (χ0) is 16.3. The number of nitrogens with one attached hydrogen (secondary N) is 1. The average molecular weight is 346 g/mol. The highest BCUT2D eigenvalue weighted by Crippen LogP contribution is 2.23. The Morgan fingerprint density at radius 1 is 1.38 bits per heavy atom. The topological polar surface area (TPSA) is 72.5 Å². The minimum Gasteiger partial charge on any atom is -0.484 e. The highest BCUT2D eigenvalue weighted by Gasteiger charge is 2.27. The third-order valence-electron chi connectivity index (χ3n) is 2.27. The third-order valence-corrected chi connectivity index (χ3v) is 3.62. The Labute approximate surface area is 123 Å². The van der Waals surface area contributed by atoms with Crippen molar-refractivity contribution in [1.29, 1.82) is 0 Å². The molecule has 0 unspecified atom stereocenters. The average Bonchev–Trinajstić information content (AvgIpc) is 2.32. The van der Waals surface area contributed by atoms with Crippen LogP contribution in [0.15, 0.2) is 23.1 Å². The maximum atomic E-state index is 11.9. The number of halogens is 4. The van der Waals surface area contributed by atoms with E-state index in [1.165, 1.54) is 19.1 Å². The SMILES string of the molecule is Cc1cc(S(=O)(=O)Cl)ccc1OCC(=O)NCC(F)(F)F. The first kappa shape index (κ1) is 17.6. The van der Waals surface area contributed by atoms with Gasteiger partial charge in [0.15, 0.2) is 6.61 Å². The van der Waals surface area contributed by atoms with Crippen LogP contribution < -0.4 is 10.1 Å². The molecule has 0 fully saturated rings. The highest BCUT2D eigenvalue weighted by atomic mass is 35.7. The normalized spacial score (nSPS) is 12.0. The van der Waals surface area contributed by atoms with Gasteiger partial charge in [0.25, 0.3) is 15.0 Å². The lowest BCUT2D eigenvalue weighted by Crippen LogP contribution is -2.36. The summed E-state index contributed by atoms with van der Waals surface area (Å²) < 4.78 is 62.8. The molecule has 118 valence electrons. The van der Waals surface area contributed by atoms with Gasteiger partial charge in [-0.3, -0.25) is 4.79 Å². The van der Waals surface area contributed by atoms with E-state index in [2.05, 4.69) is 0 Å². The predicted molar refractivity (Wildman–Crippen MR) is 68.8 cm³/mol. The number of amides is 1. The number of benzene rings is 1. The summed E-state index contributed by atoms with van der Waals surface area (Å²) in [6.45, 7) is -0.560. The molecule has 0 aromatic heterocycles. The Balaban J connectivity index is 2.63. The van der Waals surface area contributed by atoms with Crippen LogP contribution in [0.1, 0.15) is 5.56 Å². The van der Waals surface area contributed by atoms with Crippen molar-refractivity contribution in [3.63, 3.8) is 0 Å². The maximum Gasteiger partial charge on any atom is 0.405 e. The molecule has 0 aliphatic carbocycles. The first-order valence-corrected chi connectivity index (χ1v) is 7.81. The summed E-state index contributed by atoms with van der Waals surface area (Å²) in [5, 5.41) is 1.64. The van der Waals surface area contributed by atoms with Crippen molar-refractivity contribution in [2.45, 2.75) is 18.0 Å². The first-order valence-electron chi connectivity index (χ1n) is 5.50. The number of rotatable bonds is 5. The fraction of sp³-hybridized carbons (Fsp3) is 0.364. The van der Waals surface area contributed by atoms with Crippen LogP contribution in [0, 0.1) is 6.92 Å².